The highest BCUT2D eigenvalue weighted by atomic mass is 16.5. The Labute approximate surface area is 142 Å². The fraction of sp³-hybridized carbons (Fsp3) is 0.350. The highest BCUT2D eigenvalue weighted by Crippen LogP contribution is 2.36. The number of rotatable bonds is 3. The number of likely N-dealkylation sites (N-methyl/N-ethyl adjacent to an activating group) is 1. The zero-order valence-electron chi connectivity index (χ0n) is 13.9. The number of hydrogen-bond donors (Lipinski definition) is 1. The molecule has 2 aliphatic rings. The number of carbonyl (C=O) groups excluding carboxylic acids is 1. The molecule has 4 nitrogen and oxygen atoms in total. The monoisotopic (exact) mass is 322 g/mol. The minimum Gasteiger partial charge on any atom is -0.489 e. The van der Waals surface area contributed by atoms with Gasteiger partial charge in [0.2, 0.25) is 0 Å². The van der Waals surface area contributed by atoms with Crippen LogP contribution in [-0.2, 0) is 6.61 Å². The van der Waals surface area contributed by atoms with Crippen LogP contribution >= 0.6 is 0 Å². The molecule has 1 N–H and O–H groups in total. The molecule has 0 bridgehead atoms. The maximum Gasteiger partial charge on any atom is 0.251 e. The summed E-state index contributed by atoms with van der Waals surface area (Å²) in [6, 6.07) is 16.0. The van der Waals surface area contributed by atoms with Crippen molar-refractivity contribution in [3.63, 3.8) is 0 Å². The Hall–Kier alpha value is -2.33. The number of benzene rings is 2. The van der Waals surface area contributed by atoms with Crippen molar-refractivity contribution in [1.29, 1.82) is 0 Å². The number of nitrogens with zero attached hydrogens (tertiary/aromatic N) is 1. The van der Waals surface area contributed by atoms with Crippen LogP contribution in [0, 0.1) is 5.92 Å². The quantitative estimate of drug-likeness (QED) is 0.944. The Morgan fingerprint density at radius 3 is 2.83 bits per heavy atom. The largest absolute Gasteiger partial charge is 0.489 e. The van der Waals surface area contributed by atoms with Crippen LogP contribution in [0.3, 0.4) is 0 Å². The second-order valence-electron chi connectivity index (χ2n) is 6.82. The van der Waals surface area contributed by atoms with Crippen LogP contribution in [0.4, 0.5) is 0 Å². The summed E-state index contributed by atoms with van der Waals surface area (Å²) in [5.41, 5.74) is 3.05. The summed E-state index contributed by atoms with van der Waals surface area (Å²) in [6.45, 7) is 3.31. The average Bonchev–Trinajstić information content (AvgIpc) is 2.93. The van der Waals surface area contributed by atoms with Gasteiger partial charge in [-0.1, -0.05) is 36.4 Å². The van der Waals surface area contributed by atoms with Crippen molar-refractivity contribution in [3.05, 3.63) is 65.2 Å². The van der Waals surface area contributed by atoms with E-state index in [4.69, 9.17) is 4.74 Å². The maximum absolute atomic E-state index is 12.5. The Morgan fingerprint density at radius 1 is 1.17 bits per heavy atom. The number of fused-ring (bicyclic) bond motifs is 3. The fourth-order valence-corrected chi connectivity index (χ4v) is 3.85. The van der Waals surface area contributed by atoms with Crippen molar-refractivity contribution in [3.8, 4) is 5.75 Å². The maximum atomic E-state index is 12.5. The van der Waals surface area contributed by atoms with Crippen LogP contribution in [0.15, 0.2) is 48.5 Å². The molecule has 2 atom stereocenters. The first-order valence-corrected chi connectivity index (χ1v) is 8.48. The zero-order valence-corrected chi connectivity index (χ0v) is 13.9. The standard InChI is InChI=1S/C20H22N2O2/c1-22-11-15-10-21-20(23)18-9-16(7-8-17(18)19(15)12-22)24-13-14-5-3-2-4-6-14/h2-9,15,19H,10-13H2,1H3,(H,21,23)/t15-,19?/m0/s1. The van der Waals surface area contributed by atoms with Gasteiger partial charge in [-0.2, -0.15) is 0 Å². The number of hydrogen-bond acceptors (Lipinski definition) is 3. The molecule has 0 aliphatic carbocycles. The van der Waals surface area contributed by atoms with E-state index in [0.29, 0.717) is 18.4 Å². The molecule has 2 aromatic carbocycles. The van der Waals surface area contributed by atoms with Gasteiger partial charge < -0.3 is 15.0 Å². The van der Waals surface area contributed by atoms with Gasteiger partial charge in [0.05, 0.1) is 0 Å². The Kier molecular flexibility index (Phi) is 3.98. The van der Waals surface area contributed by atoms with E-state index in [0.717, 1.165) is 42.1 Å². The van der Waals surface area contributed by atoms with Crippen LogP contribution in [0.2, 0.25) is 0 Å². The Bertz CT molecular complexity index is 745. The number of amides is 1. The van der Waals surface area contributed by atoms with Crippen molar-refractivity contribution >= 4 is 5.91 Å². The van der Waals surface area contributed by atoms with Crippen LogP contribution in [0.1, 0.15) is 27.4 Å². The molecule has 1 unspecified atom stereocenters. The second-order valence-corrected chi connectivity index (χ2v) is 6.82. The van der Waals surface area contributed by atoms with Gasteiger partial charge in [0.15, 0.2) is 0 Å². The molecular formula is C20H22N2O2. The molecule has 124 valence electrons. The van der Waals surface area contributed by atoms with Crippen LogP contribution in [0.5, 0.6) is 5.75 Å². The lowest BCUT2D eigenvalue weighted by Gasteiger charge is -2.17. The predicted molar refractivity (Wildman–Crippen MR) is 93.3 cm³/mol. The first-order valence-electron chi connectivity index (χ1n) is 8.48. The summed E-state index contributed by atoms with van der Waals surface area (Å²) < 4.78 is 5.89. The van der Waals surface area contributed by atoms with Crippen LogP contribution < -0.4 is 10.1 Å². The summed E-state index contributed by atoms with van der Waals surface area (Å²) in [7, 11) is 2.15. The van der Waals surface area contributed by atoms with E-state index in [1.54, 1.807) is 0 Å². The lowest BCUT2D eigenvalue weighted by molar-refractivity contribution is 0.0951. The van der Waals surface area contributed by atoms with Gasteiger partial charge in [-0.05, 0) is 36.2 Å². The molecule has 4 heteroatoms. The minimum atomic E-state index is 0.0206. The lowest BCUT2D eigenvalue weighted by atomic mass is 9.87. The molecule has 1 fully saturated rings. The van der Waals surface area contributed by atoms with Crippen molar-refractivity contribution in [2.75, 3.05) is 26.7 Å². The molecule has 0 spiro atoms. The van der Waals surface area contributed by atoms with E-state index in [-0.39, 0.29) is 5.91 Å². The van der Waals surface area contributed by atoms with Gasteiger partial charge >= 0.3 is 0 Å². The number of nitrogens with one attached hydrogen (secondary N) is 1. The molecule has 2 heterocycles. The second kappa shape index (κ2) is 6.29. The van der Waals surface area contributed by atoms with Gasteiger partial charge in [-0.15, -0.1) is 0 Å². The molecule has 2 aliphatic heterocycles. The van der Waals surface area contributed by atoms with Gasteiger partial charge in [0.1, 0.15) is 12.4 Å². The van der Waals surface area contributed by atoms with Crippen LogP contribution in [-0.4, -0.2) is 37.5 Å². The van der Waals surface area contributed by atoms with E-state index >= 15 is 0 Å². The SMILES string of the molecule is CN1CC2c3ccc(OCc4ccccc4)cc3C(=O)NC[C@H]2C1. The minimum absolute atomic E-state index is 0.0206. The first-order chi connectivity index (χ1) is 11.7. The summed E-state index contributed by atoms with van der Waals surface area (Å²) in [5.74, 6) is 1.69. The number of ether oxygens (including phenoxy) is 1. The van der Waals surface area contributed by atoms with Crippen molar-refractivity contribution in [2.45, 2.75) is 12.5 Å². The van der Waals surface area contributed by atoms with Gasteiger partial charge in [-0.3, -0.25) is 4.79 Å². The number of likely N-dealkylation sites (tertiary alicyclic amines) is 1. The first kappa shape index (κ1) is 15.2. The lowest BCUT2D eigenvalue weighted by Crippen LogP contribution is -2.29. The third-order valence-corrected chi connectivity index (χ3v) is 5.07. The summed E-state index contributed by atoms with van der Waals surface area (Å²) in [6.07, 6.45) is 0. The van der Waals surface area contributed by atoms with E-state index < -0.39 is 0 Å². The summed E-state index contributed by atoms with van der Waals surface area (Å²) in [5, 5.41) is 3.07. The molecule has 0 radical (unpaired) electrons. The molecule has 0 saturated carbocycles. The molecule has 2 aromatic rings. The van der Waals surface area contributed by atoms with Crippen molar-refractivity contribution in [2.24, 2.45) is 5.92 Å². The van der Waals surface area contributed by atoms with E-state index in [1.807, 2.05) is 42.5 Å². The molecule has 1 saturated heterocycles. The van der Waals surface area contributed by atoms with Gasteiger partial charge in [-0.25, -0.2) is 0 Å². The van der Waals surface area contributed by atoms with E-state index in [2.05, 4.69) is 23.3 Å². The third-order valence-electron chi connectivity index (χ3n) is 5.07. The van der Waals surface area contributed by atoms with Gasteiger partial charge in [0.25, 0.3) is 5.91 Å². The van der Waals surface area contributed by atoms with Gasteiger partial charge in [0, 0.05) is 31.1 Å². The number of carbonyl (C=O) groups is 1. The van der Waals surface area contributed by atoms with E-state index in [9.17, 15) is 4.79 Å². The van der Waals surface area contributed by atoms with Crippen molar-refractivity contribution < 1.29 is 9.53 Å². The highest BCUT2D eigenvalue weighted by Gasteiger charge is 2.36. The third kappa shape index (κ3) is 2.89. The van der Waals surface area contributed by atoms with E-state index in [1.165, 1.54) is 0 Å². The average molecular weight is 322 g/mol. The summed E-state index contributed by atoms with van der Waals surface area (Å²) in [4.78, 5) is 14.8. The molecule has 24 heavy (non-hydrogen) atoms. The smallest absolute Gasteiger partial charge is 0.251 e. The fourth-order valence-electron chi connectivity index (χ4n) is 3.85. The topological polar surface area (TPSA) is 41.6 Å². The molecule has 1 amide bonds. The van der Waals surface area contributed by atoms with Crippen LogP contribution in [0.25, 0.3) is 0 Å². The zero-order chi connectivity index (χ0) is 16.5. The summed E-state index contributed by atoms with van der Waals surface area (Å²) >= 11 is 0. The Morgan fingerprint density at radius 2 is 2.00 bits per heavy atom. The molecule has 0 aromatic heterocycles. The highest BCUT2D eigenvalue weighted by molar-refractivity contribution is 5.96. The van der Waals surface area contributed by atoms with Crippen molar-refractivity contribution in [1.82, 2.24) is 10.2 Å². The predicted octanol–water partition coefficient (Wildman–Crippen LogP) is 2.65. The Balaban J connectivity index is 1.58. The molecular weight excluding hydrogens is 300 g/mol. The normalized spacial score (nSPS) is 23.1. The molecule has 4 rings (SSSR count).